The molecule has 0 bridgehead atoms. The molecule has 7 heteroatoms. The van der Waals surface area contributed by atoms with Gasteiger partial charge in [-0.25, -0.2) is 4.39 Å². The van der Waals surface area contributed by atoms with E-state index in [1.165, 1.54) is 16.7 Å². The summed E-state index contributed by atoms with van der Waals surface area (Å²) in [7, 11) is 0. The molecule has 0 aliphatic heterocycles. The maximum absolute atomic E-state index is 15.0. The van der Waals surface area contributed by atoms with Crippen LogP contribution in [0.15, 0.2) is 36.4 Å². The summed E-state index contributed by atoms with van der Waals surface area (Å²) >= 11 is 5.91. The Bertz CT molecular complexity index is 1100. The number of carbonyl (C=O) groups is 2. The number of rotatable bonds is 7. The van der Waals surface area contributed by atoms with Gasteiger partial charge in [-0.15, -0.1) is 0 Å². The molecule has 0 amide bonds. The Morgan fingerprint density at radius 3 is 2.40 bits per heavy atom. The van der Waals surface area contributed by atoms with Crippen molar-refractivity contribution in [3.05, 3.63) is 64.1 Å². The SMILES string of the molecule is CCCCCC(C(=O)O)c1c(C)n(C(=O)c2ccc(Cl)cc2)c2ccc(O)c(F)c12. The van der Waals surface area contributed by atoms with E-state index in [0.29, 0.717) is 29.1 Å². The maximum Gasteiger partial charge on any atom is 0.311 e. The Morgan fingerprint density at radius 1 is 1.13 bits per heavy atom. The second-order valence-electron chi connectivity index (χ2n) is 7.33. The van der Waals surface area contributed by atoms with E-state index < -0.39 is 29.4 Å². The Kier molecular flexibility index (Phi) is 6.46. The van der Waals surface area contributed by atoms with Crippen LogP contribution in [0.5, 0.6) is 5.75 Å². The molecule has 1 heterocycles. The van der Waals surface area contributed by atoms with Crippen molar-refractivity contribution in [1.29, 1.82) is 0 Å². The molecule has 0 fully saturated rings. The lowest BCUT2D eigenvalue weighted by molar-refractivity contribution is -0.139. The van der Waals surface area contributed by atoms with Crippen molar-refractivity contribution in [3.63, 3.8) is 0 Å². The molecule has 3 rings (SSSR count). The number of carboxylic acid groups (broad SMARTS) is 1. The van der Waals surface area contributed by atoms with Crippen LogP contribution in [0.25, 0.3) is 10.9 Å². The lowest BCUT2D eigenvalue weighted by Crippen LogP contribution is -2.16. The van der Waals surface area contributed by atoms with Gasteiger partial charge in [-0.2, -0.15) is 0 Å². The van der Waals surface area contributed by atoms with Crippen LogP contribution in [0.2, 0.25) is 5.02 Å². The van der Waals surface area contributed by atoms with Gasteiger partial charge in [-0.1, -0.05) is 37.8 Å². The van der Waals surface area contributed by atoms with E-state index in [9.17, 15) is 24.2 Å². The third-order valence-electron chi connectivity index (χ3n) is 5.37. The molecule has 1 unspecified atom stereocenters. The number of carbonyl (C=O) groups excluding carboxylic acids is 1. The lowest BCUT2D eigenvalue weighted by Gasteiger charge is -2.14. The standard InChI is InChI=1S/C23H23ClFNO4/c1-3-4-5-6-16(23(29)30)19-13(2)26(17-11-12-18(27)21(25)20(17)19)22(28)14-7-9-15(24)10-8-14/h7-12,16,27H,3-6H2,1-2H3,(H,29,30). The molecule has 0 aliphatic rings. The molecule has 0 aliphatic carbocycles. The largest absolute Gasteiger partial charge is 0.505 e. The number of carboxylic acids is 1. The predicted molar refractivity (Wildman–Crippen MR) is 114 cm³/mol. The summed E-state index contributed by atoms with van der Waals surface area (Å²) in [5, 5.41) is 20.2. The number of nitrogens with zero attached hydrogens (tertiary/aromatic N) is 1. The van der Waals surface area contributed by atoms with E-state index in [4.69, 9.17) is 11.6 Å². The zero-order valence-electron chi connectivity index (χ0n) is 16.8. The summed E-state index contributed by atoms with van der Waals surface area (Å²) in [4.78, 5) is 25.3. The number of unbranched alkanes of at least 4 members (excludes halogenated alkanes) is 2. The molecule has 5 nitrogen and oxygen atoms in total. The van der Waals surface area contributed by atoms with E-state index >= 15 is 0 Å². The molecule has 2 N–H and O–H groups in total. The summed E-state index contributed by atoms with van der Waals surface area (Å²) in [5.74, 6) is -4.01. The summed E-state index contributed by atoms with van der Waals surface area (Å²) in [5.41, 5.74) is 1.12. The van der Waals surface area contributed by atoms with Gasteiger partial charge in [-0.3, -0.25) is 14.2 Å². The Balaban J connectivity index is 2.26. The smallest absolute Gasteiger partial charge is 0.311 e. The zero-order chi connectivity index (χ0) is 22.0. The average Bonchev–Trinajstić information content (AvgIpc) is 3.00. The van der Waals surface area contributed by atoms with Crippen molar-refractivity contribution < 1.29 is 24.2 Å². The fourth-order valence-electron chi connectivity index (χ4n) is 3.88. The normalized spacial score (nSPS) is 12.3. The first-order valence-corrected chi connectivity index (χ1v) is 10.2. The number of hydrogen-bond donors (Lipinski definition) is 2. The Hall–Kier alpha value is -2.86. The molecule has 2 aromatic carbocycles. The van der Waals surface area contributed by atoms with Gasteiger partial charge in [0.2, 0.25) is 0 Å². The summed E-state index contributed by atoms with van der Waals surface area (Å²) in [6.45, 7) is 3.62. The minimum absolute atomic E-state index is 0.0290. The molecule has 0 saturated heterocycles. The number of halogens is 2. The fraction of sp³-hybridized carbons (Fsp3) is 0.304. The maximum atomic E-state index is 15.0. The topological polar surface area (TPSA) is 79.5 Å². The third-order valence-corrected chi connectivity index (χ3v) is 5.62. The van der Waals surface area contributed by atoms with Crippen LogP contribution in [-0.2, 0) is 4.79 Å². The highest BCUT2D eigenvalue weighted by atomic mass is 35.5. The quantitative estimate of drug-likeness (QED) is 0.457. The van der Waals surface area contributed by atoms with Crippen molar-refractivity contribution >= 4 is 34.4 Å². The Morgan fingerprint density at radius 2 is 1.80 bits per heavy atom. The average molecular weight is 432 g/mol. The van der Waals surface area contributed by atoms with E-state index in [1.54, 1.807) is 31.2 Å². The lowest BCUT2D eigenvalue weighted by atomic mass is 9.90. The molecule has 1 atom stereocenters. The molecular formula is C23H23ClFNO4. The molecule has 1 aromatic heterocycles. The predicted octanol–water partition coefficient (Wildman–Crippen LogP) is 5.88. The Labute approximate surface area is 178 Å². The fourth-order valence-corrected chi connectivity index (χ4v) is 4.00. The molecule has 0 saturated carbocycles. The van der Waals surface area contributed by atoms with Crippen LogP contribution < -0.4 is 0 Å². The van der Waals surface area contributed by atoms with Crippen LogP contribution in [0.4, 0.5) is 4.39 Å². The number of aromatic nitrogens is 1. The summed E-state index contributed by atoms with van der Waals surface area (Å²) in [6, 6.07) is 8.87. The van der Waals surface area contributed by atoms with Gasteiger partial charge >= 0.3 is 5.97 Å². The highest BCUT2D eigenvalue weighted by Gasteiger charge is 2.31. The highest BCUT2D eigenvalue weighted by Crippen LogP contribution is 2.39. The summed E-state index contributed by atoms with van der Waals surface area (Å²) in [6.07, 6.45) is 2.73. The second kappa shape index (κ2) is 8.88. The van der Waals surface area contributed by atoms with Gasteiger partial charge in [0.15, 0.2) is 11.6 Å². The minimum Gasteiger partial charge on any atom is -0.505 e. The van der Waals surface area contributed by atoms with Crippen molar-refractivity contribution in [2.45, 2.75) is 45.4 Å². The van der Waals surface area contributed by atoms with Gasteiger partial charge < -0.3 is 10.2 Å². The second-order valence-corrected chi connectivity index (χ2v) is 7.76. The first-order chi connectivity index (χ1) is 14.3. The van der Waals surface area contributed by atoms with Gasteiger partial charge in [0, 0.05) is 21.7 Å². The number of phenols is 1. The number of benzene rings is 2. The molecule has 3 aromatic rings. The third kappa shape index (κ3) is 3.92. The van der Waals surface area contributed by atoms with Crippen LogP contribution >= 0.6 is 11.6 Å². The number of phenolic OH excluding ortho intramolecular Hbond substituents is 1. The van der Waals surface area contributed by atoms with Crippen molar-refractivity contribution in [1.82, 2.24) is 4.57 Å². The minimum atomic E-state index is -1.09. The molecule has 0 spiro atoms. The van der Waals surface area contributed by atoms with E-state index in [2.05, 4.69) is 0 Å². The van der Waals surface area contributed by atoms with E-state index in [0.717, 1.165) is 12.8 Å². The first-order valence-electron chi connectivity index (χ1n) is 9.83. The van der Waals surface area contributed by atoms with Crippen LogP contribution in [0, 0.1) is 12.7 Å². The van der Waals surface area contributed by atoms with Crippen LogP contribution in [0.1, 0.15) is 60.1 Å². The molecule has 30 heavy (non-hydrogen) atoms. The zero-order valence-corrected chi connectivity index (χ0v) is 17.5. The molecule has 158 valence electrons. The molecule has 0 radical (unpaired) electrons. The van der Waals surface area contributed by atoms with E-state index in [1.807, 2.05) is 6.92 Å². The van der Waals surface area contributed by atoms with Crippen molar-refractivity contribution in [2.24, 2.45) is 0 Å². The number of aromatic hydroxyl groups is 1. The van der Waals surface area contributed by atoms with Gasteiger partial charge in [-0.05, 0) is 55.3 Å². The van der Waals surface area contributed by atoms with E-state index in [-0.39, 0.29) is 16.5 Å². The summed E-state index contributed by atoms with van der Waals surface area (Å²) < 4.78 is 16.3. The number of hydrogen-bond acceptors (Lipinski definition) is 3. The van der Waals surface area contributed by atoms with Crippen molar-refractivity contribution in [3.8, 4) is 5.75 Å². The van der Waals surface area contributed by atoms with Crippen LogP contribution in [0.3, 0.4) is 0 Å². The van der Waals surface area contributed by atoms with Crippen LogP contribution in [-0.4, -0.2) is 26.7 Å². The van der Waals surface area contributed by atoms with Gasteiger partial charge in [0.25, 0.3) is 5.91 Å². The van der Waals surface area contributed by atoms with Crippen molar-refractivity contribution in [2.75, 3.05) is 0 Å². The van der Waals surface area contributed by atoms with Gasteiger partial charge in [0.05, 0.1) is 11.4 Å². The number of aliphatic carboxylic acids is 1. The number of fused-ring (bicyclic) bond motifs is 1. The van der Waals surface area contributed by atoms with Gasteiger partial charge in [0.1, 0.15) is 0 Å². The highest BCUT2D eigenvalue weighted by molar-refractivity contribution is 6.30. The molecular weight excluding hydrogens is 409 g/mol. The monoisotopic (exact) mass is 431 g/mol. The first kappa shape index (κ1) is 21.8.